The van der Waals surface area contributed by atoms with Gasteiger partial charge in [-0.05, 0) is 36.4 Å². The SMILES string of the molecule is O=c1c(=Cc2ccc(-c3ccc(Br)cc3)o2)sc2nc(C3COc4ccccc4O3)nn12. The van der Waals surface area contributed by atoms with Crippen LogP contribution in [0, 0.1) is 0 Å². The number of aromatic nitrogens is 3. The monoisotopic (exact) mass is 507 g/mol. The molecule has 32 heavy (non-hydrogen) atoms. The number of thiazole rings is 1. The van der Waals surface area contributed by atoms with Crippen LogP contribution in [0.25, 0.3) is 22.4 Å². The fraction of sp³-hybridized carbons (Fsp3) is 0.0870. The van der Waals surface area contributed by atoms with Gasteiger partial charge in [0.25, 0.3) is 5.56 Å². The van der Waals surface area contributed by atoms with Gasteiger partial charge in [0, 0.05) is 16.1 Å². The molecule has 0 N–H and O–H groups in total. The van der Waals surface area contributed by atoms with Crippen molar-refractivity contribution < 1.29 is 13.9 Å². The van der Waals surface area contributed by atoms with Crippen molar-refractivity contribution in [3.8, 4) is 22.8 Å². The number of furan rings is 1. The summed E-state index contributed by atoms with van der Waals surface area (Å²) < 4.78 is 20.4. The Morgan fingerprint density at radius 2 is 1.88 bits per heavy atom. The van der Waals surface area contributed by atoms with Crippen molar-refractivity contribution in [2.45, 2.75) is 6.10 Å². The first kappa shape index (κ1) is 19.3. The third-order valence-corrected chi connectivity index (χ3v) is 6.51. The number of hydrogen-bond acceptors (Lipinski definition) is 7. The Morgan fingerprint density at radius 1 is 1.06 bits per heavy atom. The van der Waals surface area contributed by atoms with Crippen molar-refractivity contribution in [1.29, 1.82) is 0 Å². The lowest BCUT2D eigenvalue weighted by atomic mass is 10.2. The van der Waals surface area contributed by atoms with E-state index in [2.05, 4.69) is 26.0 Å². The zero-order chi connectivity index (χ0) is 21.7. The van der Waals surface area contributed by atoms with E-state index in [1.54, 1.807) is 6.08 Å². The minimum Gasteiger partial charge on any atom is -0.485 e. The van der Waals surface area contributed by atoms with Crippen molar-refractivity contribution >= 4 is 38.3 Å². The van der Waals surface area contributed by atoms with E-state index in [0.717, 1.165) is 15.8 Å². The van der Waals surface area contributed by atoms with Gasteiger partial charge < -0.3 is 13.9 Å². The summed E-state index contributed by atoms with van der Waals surface area (Å²) in [6.07, 6.45) is 1.24. The van der Waals surface area contributed by atoms with E-state index in [1.165, 1.54) is 15.9 Å². The van der Waals surface area contributed by atoms with Gasteiger partial charge in [0.2, 0.25) is 4.96 Å². The smallest absolute Gasteiger partial charge is 0.291 e. The van der Waals surface area contributed by atoms with Crippen LogP contribution in [0.15, 0.2) is 74.3 Å². The second-order valence-electron chi connectivity index (χ2n) is 7.15. The lowest BCUT2D eigenvalue weighted by molar-refractivity contribution is 0.0852. The number of ether oxygens (including phenoxy) is 2. The summed E-state index contributed by atoms with van der Waals surface area (Å²) in [6, 6.07) is 19.0. The first-order chi connectivity index (χ1) is 15.6. The molecule has 3 aromatic heterocycles. The molecule has 7 nitrogen and oxygen atoms in total. The molecule has 0 aliphatic carbocycles. The van der Waals surface area contributed by atoms with Crippen LogP contribution in [0.1, 0.15) is 17.7 Å². The highest BCUT2D eigenvalue weighted by Gasteiger charge is 2.27. The molecule has 0 fully saturated rings. The van der Waals surface area contributed by atoms with Gasteiger partial charge in [0.1, 0.15) is 22.7 Å². The minimum atomic E-state index is -0.470. The van der Waals surface area contributed by atoms with E-state index >= 15 is 0 Å². The Balaban J connectivity index is 1.30. The van der Waals surface area contributed by atoms with E-state index < -0.39 is 6.10 Å². The lowest BCUT2D eigenvalue weighted by Crippen LogP contribution is -2.26. The minimum absolute atomic E-state index is 0.248. The Labute approximate surface area is 193 Å². The van der Waals surface area contributed by atoms with Crippen LogP contribution < -0.4 is 19.6 Å². The highest BCUT2D eigenvalue weighted by atomic mass is 79.9. The first-order valence-corrected chi connectivity index (χ1v) is 11.4. The molecule has 1 aliphatic heterocycles. The van der Waals surface area contributed by atoms with Crippen molar-refractivity contribution in [2.24, 2.45) is 0 Å². The normalized spacial score (nSPS) is 16.0. The number of halogens is 1. The third-order valence-electron chi connectivity index (χ3n) is 5.02. The third kappa shape index (κ3) is 3.39. The van der Waals surface area contributed by atoms with Gasteiger partial charge in [-0.25, -0.2) is 0 Å². The molecule has 4 heterocycles. The quantitative estimate of drug-likeness (QED) is 0.363. The van der Waals surface area contributed by atoms with Gasteiger partial charge in [-0.15, -0.1) is 5.10 Å². The van der Waals surface area contributed by atoms with E-state index in [0.29, 0.717) is 32.6 Å². The second kappa shape index (κ2) is 7.61. The molecule has 5 aromatic rings. The van der Waals surface area contributed by atoms with Crippen LogP contribution in [0.2, 0.25) is 0 Å². The molecule has 0 saturated carbocycles. The van der Waals surface area contributed by atoms with Crippen molar-refractivity contribution in [3.05, 3.63) is 91.6 Å². The van der Waals surface area contributed by atoms with Crippen LogP contribution in [-0.4, -0.2) is 21.2 Å². The largest absolute Gasteiger partial charge is 0.485 e. The Hall–Kier alpha value is -3.43. The highest BCUT2D eigenvalue weighted by Crippen LogP contribution is 2.35. The molecule has 9 heteroatoms. The maximum Gasteiger partial charge on any atom is 0.291 e. The van der Waals surface area contributed by atoms with Crippen LogP contribution in [0.4, 0.5) is 0 Å². The molecular formula is C23H14BrN3O4S. The molecule has 0 bridgehead atoms. The summed E-state index contributed by atoms with van der Waals surface area (Å²) in [5, 5.41) is 4.38. The summed E-state index contributed by atoms with van der Waals surface area (Å²) in [5.74, 6) is 3.06. The predicted molar refractivity (Wildman–Crippen MR) is 123 cm³/mol. The molecule has 158 valence electrons. The van der Waals surface area contributed by atoms with E-state index in [9.17, 15) is 4.79 Å². The standard InChI is InChI=1S/C23H14BrN3O4S/c24-14-7-5-13(6-8-14)16-10-9-15(30-16)11-20-22(28)27-23(32-20)25-21(26-27)19-12-29-17-3-1-2-4-18(17)31-19/h1-11,19H,12H2. The van der Waals surface area contributed by atoms with E-state index in [-0.39, 0.29) is 12.2 Å². The van der Waals surface area contributed by atoms with Crippen LogP contribution in [-0.2, 0) is 0 Å². The summed E-state index contributed by atoms with van der Waals surface area (Å²) in [5.41, 5.74) is 0.709. The number of fused-ring (bicyclic) bond motifs is 2. The first-order valence-electron chi connectivity index (χ1n) is 9.79. The van der Waals surface area contributed by atoms with Gasteiger partial charge in [-0.2, -0.15) is 9.50 Å². The molecule has 0 saturated heterocycles. The average Bonchev–Trinajstić information content (AvgIpc) is 3.52. The maximum atomic E-state index is 12.9. The molecule has 0 amide bonds. The van der Waals surface area contributed by atoms with Crippen LogP contribution >= 0.6 is 27.3 Å². The average molecular weight is 508 g/mol. The van der Waals surface area contributed by atoms with Gasteiger partial charge in [-0.3, -0.25) is 4.79 Å². The summed E-state index contributed by atoms with van der Waals surface area (Å²) >= 11 is 4.68. The van der Waals surface area contributed by atoms with Crippen LogP contribution in [0.5, 0.6) is 11.5 Å². The van der Waals surface area contributed by atoms with Gasteiger partial charge in [0.15, 0.2) is 23.4 Å². The van der Waals surface area contributed by atoms with Gasteiger partial charge in [0.05, 0.1) is 0 Å². The predicted octanol–water partition coefficient (Wildman–Crippen LogP) is 4.23. The number of benzene rings is 2. The molecule has 1 atom stereocenters. The molecule has 0 spiro atoms. The van der Waals surface area contributed by atoms with Crippen LogP contribution in [0.3, 0.4) is 0 Å². The zero-order valence-electron chi connectivity index (χ0n) is 16.4. The molecule has 2 aromatic carbocycles. The molecule has 6 rings (SSSR count). The number of hydrogen-bond donors (Lipinski definition) is 0. The number of nitrogens with zero attached hydrogens (tertiary/aromatic N) is 3. The topological polar surface area (TPSA) is 78.9 Å². The van der Waals surface area contributed by atoms with E-state index in [4.69, 9.17) is 13.9 Å². The number of rotatable bonds is 3. The van der Waals surface area contributed by atoms with Crippen molar-refractivity contribution in [1.82, 2.24) is 14.6 Å². The zero-order valence-corrected chi connectivity index (χ0v) is 18.8. The highest BCUT2D eigenvalue weighted by molar-refractivity contribution is 9.10. The van der Waals surface area contributed by atoms with Gasteiger partial charge in [-0.1, -0.05) is 51.5 Å². The second-order valence-corrected chi connectivity index (χ2v) is 9.08. The Morgan fingerprint density at radius 3 is 2.69 bits per heavy atom. The molecular weight excluding hydrogens is 494 g/mol. The van der Waals surface area contributed by atoms with Crippen molar-refractivity contribution in [3.63, 3.8) is 0 Å². The van der Waals surface area contributed by atoms with E-state index in [1.807, 2.05) is 60.7 Å². The maximum absolute atomic E-state index is 12.9. The fourth-order valence-corrected chi connectivity index (χ4v) is 4.62. The van der Waals surface area contributed by atoms with Gasteiger partial charge >= 0.3 is 0 Å². The summed E-state index contributed by atoms with van der Waals surface area (Å²) in [4.78, 5) is 17.9. The lowest BCUT2D eigenvalue weighted by Gasteiger charge is -2.24. The summed E-state index contributed by atoms with van der Waals surface area (Å²) in [7, 11) is 0. The molecule has 0 radical (unpaired) electrons. The Bertz CT molecular complexity index is 1550. The van der Waals surface area contributed by atoms with Crippen molar-refractivity contribution in [2.75, 3.05) is 6.61 Å². The molecule has 1 aliphatic rings. The molecule has 1 unspecified atom stereocenters. The number of para-hydroxylation sites is 2. The fourth-order valence-electron chi connectivity index (χ4n) is 3.46. The Kier molecular flexibility index (Phi) is 4.58. The summed E-state index contributed by atoms with van der Waals surface area (Å²) in [6.45, 7) is 0.285.